The van der Waals surface area contributed by atoms with Gasteiger partial charge in [-0.1, -0.05) is 13.0 Å². The van der Waals surface area contributed by atoms with Crippen LogP contribution in [0.4, 0.5) is 0 Å². The van der Waals surface area contributed by atoms with Crippen LogP contribution in [0.3, 0.4) is 0 Å². The van der Waals surface area contributed by atoms with E-state index in [-0.39, 0.29) is 31.5 Å². The number of benzene rings is 1. The van der Waals surface area contributed by atoms with Crippen molar-refractivity contribution >= 4 is 8.25 Å². The van der Waals surface area contributed by atoms with Crippen LogP contribution in [0.5, 0.6) is 17.2 Å². The molecule has 0 bridgehead atoms. The molecule has 0 amide bonds. The molecule has 0 N–H and O–H groups in total. The van der Waals surface area contributed by atoms with Crippen LogP contribution in [0.2, 0.25) is 0 Å². The van der Waals surface area contributed by atoms with Crippen molar-refractivity contribution in [2.24, 2.45) is 11.8 Å². The molecule has 0 aliphatic carbocycles. The Balaban J connectivity index is 1.53. The lowest BCUT2D eigenvalue weighted by atomic mass is 9.89. The third-order valence-corrected chi connectivity index (χ3v) is 5.03. The molecule has 124 valence electrons. The molecule has 6 nitrogen and oxygen atoms in total. The van der Waals surface area contributed by atoms with Crippen LogP contribution in [0.15, 0.2) is 30.9 Å². The van der Waals surface area contributed by atoms with E-state index in [0.717, 1.165) is 0 Å². The monoisotopic (exact) mass is 339 g/mol. The predicted octanol–water partition coefficient (Wildman–Crippen LogP) is 3.69. The maximum absolute atomic E-state index is 12.0. The number of fused-ring (bicyclic) bond motifs is 1. The van der Waals surface area contributed by atoms with E-state index in [1.165, 1.54) is 0 Å². The molecule has 0 spiro atoms. The summed E-state index contributed by atoms with van der Waals surface area (Å²) < 4.78 is 38.9. The highest BCUT2D eigenvalue weighted by Gasteiger charge is 2.40. The third-order valence-electron chi connectivity index (χ3n) is 4.31. The molecule has 5 atom stereocenters. The fraction of sp³-hybridized carbons (Fsp3) is 0.500. The summed E-state index contributed by atoms with van der Waals surface area (Å²) in [4.78, 5) is 0. The minimum Gasteiger partial charge on any atom is -0.454 e. The average molecular weight is 339 g/mol. The molecule has 1 aromatic rings. The van der Waals surface area contributed by atoms with E-state index < -0.39 is 8.25 Å². The molecule has 7 heteroatoms. The summed E-state index contributed by atoms with van der Waals surface area (Å²) in [6.45, 7) is 8.35. The van der Waals surface area contributed by atoms with Gasteiger partial charge in [0.05, 0.1) is 12.2 Å². The smallest absolute Gasteiger partial charge is 0.454 e. The van der Waals surface area contributed by atoms with Crippen LogP contribution in [0.25, 0.3) is 0 Å². The van der Waals surface area contributed by atoms with Gasteiger partial charge in [-0.05, 0) is 25.0 Å². The average Bonchev–Trinajstić information content (AvgIpc) is 3.10. The van der Waals surface area contributed by atoms with Gasteiger partial charge in [-0.3, -0.25) is 0 Å². The molecule has 23 heavy (non-hydrogen) atoms. The van der Waals surface area contributed by atoms with Gasteiger partial charge in [0, 0.05) is 16.5 Å². The molecule has 2 aliphatic rings. The molecule has 5 unspecified atom stereocenters. The van der Waals surface area contributed by atoms with Crippen molar-refractivity contribution in [2.75, 3.05) is 13.4 Å². The Morgan fingerprint density at radius 1 is 1.35 bits per heavy atom. The summed E-state index contributed by atoms with van der Waals surface area (Å²) >= 11 is 0. The first-order valence-corrected chi connectivity index (χ1v) is 8.64. The van der Waals surface area contributed by atoms with Crippen molar-refractivity contribution in [3.63, 3.8) is 0 Å². The fourth-order valence-electron chi connectivity index (χ4n) is 2.84. The highest BCUT2D eigenvalue weighted by Crippen LogP contribution is 2.39. The molecule has 1 fully saturated rings. The maximum atomic E-state index is 12.0. The Bertz CT molecular complexity index is 604. The molecular formula is C16H20O6P+. The molecule has 2 heterocycles. The van der Waals surface area contributed by atoms with E-state index in [9.17, 15) is 4.57 Å². The van der Waals surface area contributed by atoms with Gasteiger partial charge in [0.15, 0.2) is 17.2 Å². The van der Waals surface area contributed by atoms with Crippen molar-refractivity contribution in [3.05, 3.63) is 30.9 Å². The van der Waals surface area contributed by atoms with Gasteiger partial charge in [-0.15, -0.1) is 11.1 Å². The van der Waals surface area contributed by atoms with Crippen LogP contribution in [-0.2, 0) is 13.8 Å². The Labute approximate surface area is 136 Å². The SMILES string of the molecule is C=CC1C(CO[P+](=O)Oc2ccc3c(c2)OCO3)OC(C)C1C. The topological polar surface area (TPSA) is 63.2 Å². The normalized spacial score (nSPS) is 29.4. The summed E-state index contributed by atoms with van der Waals surface area (Å²) in [6.07, 6.45) is 1.84. The highest BCUT2D eigenvalue weighted by atomic mass is 31.1. The Kier molecular flexibility index (Phi) is 4.85. The zero-order chi connectivity index (χ0) is 16.4. The van der Waals surface area contributed by atoms with Crippen molar-refractivity contribution < 1.29 is 27.8 Å². The molecule has 0 aromatic heterocycles. The van der Waals surface area contributed by atoms with Crippen molar-refractivity contribution in [1.29, 1.82) is 0 Å². The Hall–Kier alpha value is -1.62. The van der Waals surface area contributed by atoms with Gasteiger partial charge in [-0.2, -0.15) is 0 Å². The van der Waals surface area contributed by atoms with Gasteiger partial charge in [0.25, 0.3) is 0 Å². The largest absolute Gasteiger partial charge is 0.750 e. The first-order chi connectivity index (χ1) is 11.1. The van der Waals surface area contributed by atoms with Gasteiger partial charge in [0.1, 0.15) is 6.61 Å². The van der Waals surface area contributed by atoms with Gasteiger partial charge < -0.3 is 14.2 Å². The standard InChI is InChI=1S/C16H20O6P/c1-4-13-10(2)11(3)21-16(13)8-20-23(17)22-12-5-6-14-15(7-12)19-9-18-14/h4-7,10-11,13,16H,1,8-9H2,2-3H3/q+1. The van der Waals surface area contributed by atoms with Gasteiger partial charge >= 0.3 is 8.25 Å². The number of hydrogen-bond donors (Lipinski definition) is 0. The number of ether oxygens (including phenoxy) is 3. The number of hydrogen-bond acceptors (Lipinski definition) is 6. The highest BCUT2D eigenvalue weighted by molar-refractivity contribution is 7.33. The van der Waals surface area contributed by atoms with E-state index >= 15 is 0 Å². The van der Waals surface area contributed by atoms with Crippen LogP contribution in [0, 0.1) is 11.8 Å². The van der Waals surface area contributed by atoms with E-state index in [1.807, 2.05) is 13.0 Å². The van der Waals surface area contributed by atoms with Gasteiger partial charge in [-0.25, -0.2) is 4.52 Å². The molecule has 3 rings (SSSR count). The lowest BCUT2D eigenvalue weighted by molar-refractivity contribution is 0.0151. The Morgan fingerprint density at radius 3 is 2.91 bits per heavy atom. The molecule has 0 saturated carbocycles. The van der Waals surface area contributed by atoms with Crippen molar-refractivity contribution in [3.8, 4) is 17.2 Å². The quantitative estimate of drug-likeness (QED) is 0.582. The molecule has 1 saturated heterocycles. The summed E-state index contributed by atoms with van der Waals surface area (Å²) in [5, 5.41) is 0. The second-order valence-electron chi connectivity index (χ2n) is 5.68. The summed E-state index contributed by atoms with van der Waals surface area (Å²) in [7, 11) is -2.29. The summed E-state index contributed by atoms with van der Waals surface area (Å²) in [5.74, 6) is 2.15. The molecule has 1 aromatic carbocycles. The predicted molar refractivity (Wildman–Crippen MR) is 83.9 cm³/mol. The third kappa shape index (κ3) is 3.50. The molecular weight excluding hydrogens is 319 g/mol. The van der Waals surface area contributed by atoms with Crippen LogP contribution in [0.1, 0.15) is 13.8 Å². The van der Waals surface area contributed by atoms with E-state index in [1.54, 1.807) is 18.2 Å². The lowest BCUT2D eigenvalue weighted by Crippen LogP contribution is -2.21. The van der Waals surface area contributed by atoms with Gasteiger partial charge in [0.2, 0.25) is 6.79 Å². The van der Waals surface area contributed by atoms with Crippen molar-refractivity contribution in [2.45, 2.75) is 26.1 Å². The van der Waals surface area contributed by atoms with Crippen molar-refractivity contribution in [1.82, 2.24) is 0 Å². The van der Waals surface area contributed by atoms with E-state index in [2.05, 4.69) is 13.5 Å². The second-order valence-corrected chi connectivity index (χ2v) is 6.57. The summed E-state index contributed by atoms with van der Waals surface area (Å²) in [5.41, 5.74) is 0. The zero-order valence-corrected chi connectivity index (χ0v) is 14.0. The summed E-state index contributed by atoms with van der Waals surface area (Å²) in [6, 6.07) is 4.99. The lowest BCUT2D eigenvalue weighted by Gasteiger charge is -2.13. The van der Waals surface area contributed by atoms with E-state index in [4.69, 9.17) is 23.3 Å². The molecule has 2 aliphatic heterocycles. The molecule has 0 radical (unpaired) electrons. The maximum Gasteiger partial charge on any atom is 0.750 e. The zero-order valence-electron chi connectivity index (χ0n) is 13.1. The minimum absolute atomic E-state index is 0.124. The van der Waals surface area contributed by atoms with E-state index in [0.29, 0.717) is 23.2 Å². The van der Waals surface area contributed by atoms with Crippen LogP contribution < -0.4 is 14.0 Å². The van der Waals surface area contributed by atoms with Crippen LogP contribution in [-0.4, -0.2) is 25.6 Å². The minimum atomic E-state index is -2.29. The first-order valence-electron chi connectivity index (χ1n) is 7.54. The Morgan fingerprint density at radius 2 is 2.13 bits per heavy atom. The van der Waals surface area contributed by atoms with Crippen LogP contribution >= 0.6 is 8.25 Å². The second kappa shape index (κ2) is 6.87. The number of rotatable bonds is 6. The first kappa shape index (κ1) is 16.2. The fourth-order valence-corrected chi connectivity index (χ4v) is 3.45.